The van der Waals surface area contributed by atoms with Gasteiger partial charge in [0, 0.05) is 43.8 Å². The standard InChI is InChI=1S/C33H35FN8O2/c1-22(21-42-16-14-41(2)15-17-42)44-33-35-20-28(34)32(38-33)36-26-12-13-29-27(19-26)31(40-39-29)37-30(43)18-23-8-10-25(11-9-23)24-6-4-3-5-7-24/h3-13,19-20,22H,14-18,21H2,1-2H3,(H,35,36,38)(H2,37,39,40,43). The zero-order chi connectivity index (χ0) is 30.5. The van der Waals surface area contributed by atoms with Crippen molar-refractivity contribution in [3.8, 4) is 17.1 Å². The normalized spacial score (nSPS) is 14.8. The maximum absolute atomic E-state index is 14.7. The van der Waals surface area contributed by atoms with Gasteiger partial charge in [0.05, 0.1) is 18.1 Å². The molecule has 0 saturated carbocycles. The summed E-state index contributed by atoms with van der Waals surface area (Å²) in [6.07, 6.45) is 1.14. The Morgan fingerprint density at radius 2 is 1.75 bits per heavy atom. The third kappa shape index (κ3) is 7.19. The van der Waals surface area contributed by atoms with Crippen molar-refractivity contribution in [1.82, 2.24) is 30.0 Å². The number of carbonyl (C=O) groups is 1. The Kier molecular flexibility index (Phi) is 8.76. The van der Waals surface area contributed by atoms with E-state index < -0.39 is 5.82 Å². The topological polar surface area (TPSA) is 111 Å². The molecule has 1 amide bonds. The number of hydrogen-bond donors (Lipinski definition) is 3. The predicted octanol–water partition coefficient (Wildman–Crippen LogP) is 5.10. The summed E-state index contributed by atoms with van der Waals surface area (Å²) in [7, 11) is 2.12. The van der Waals surface area contributed by atoms with Gasteiger partial charge in [-0.05, 0) is 48.9 Å². The summed E-state index contributed by atoms with van der Waals surface area (Å²) in [5, 5.41) is 13.8. The Morgan fingerprint density at radius 3 is 2.52 bits per heavy atom. The molecule has 0 bridgehead atoms. The van der Waals surface area contributed by atoms with E-state index in [0.29, 0.717) is 16.9 Å². The summed E-state index contributed by atoms with van der Waals surface area (Å²) < 4.78 is 20.6. The number of rotatable bonds is 10. The van der Waals surface area contributed by atoms with Gasteiger partial charge in [-0.25, -0.2) is 9.37 Å². The van der Waals surface area contributed by atoms with Crippen LogP contribution < -0.4 is 15.4 Å². The largest absolute Gasteiger partial charge is 0.459 e. The molecular weight excluding hydrogens is 559 g/mol. The molecule has 1 unspecified atom stereocenters. The molecule has 226 valence electrons. The van der Waals surface area contributed by atoms with E-state index in [1.807, 2.05) is 49.4 Å². The SMILES string of the molecule is CC(CN1CCN(C)CC1)Oc1ncc(F)c(Nc2ccc3[nH]nc(NC(=O)Cc4ccc(-c5ccccc5)cc4)c3c2)n1. The first kappa shape index (κ1) is 29.2. The van der Waals surface area contributed by atoms with Gasteiger partial charge in [-0.3, -0.25) is 14.8 Å². The number of piperazine rings is 1. The molecule has 3 heterocycles. The van der Waals surface area contributed by atoms with Crippen LogP contribution in [0, 0.1) is 5.82 Å². The number of aromatic nitrogens is 4. The number of amides is 1. The van der Waals surface area contributed by atoms with E-state index in [0.717, 1.165) is 61.1 Å². The van der Waals surface area contributed by atoms with Crippen molar-refractivity contribution in [3.05, 3.63) is 90.4 Å². The van der Waals surface area contributed by atoms with Gasteiger partial charge < -0.3 is 20.3 Å². The van der Waals surface area contributed by atoms with Gasteiger partial charge >= 0.3 is 6.01 Å². The number of anilines is 3. The van der Waals surface area contributed by atoms with Crippen LogP contribution in [0.5, 0.6) is 6.01 Å². The number of aromatic amines is 1. The van der Waals surface area contributed by atoms with Gasteiger partial charge in [0.25, 0.3) is 0 Å². The van der Waals surface area contributed by atoms with Crippen LogP contribution in [-0.4, -0.2) is 81.7 Å². The molecule has 6 rings (SSSR count). The molecule has 0 aliphatic carbocycles. The third-order valence-corrected chi connectivity index (χ3v) is 7.65. The van der Waals surface area contributed by atoms with Crippen LogP contribution in [-0.2, 0) is 11.2 Å². The highest BCUT2D eigenvalue weighted by atomic mass is 19.1. The van der Waals surface area contributed by atoms with Crippen molar-refractivity contribution < 1.29 is 13.9 Å². The number of carbonyl (C=O) groups excluding carboxylic acids is 1. The quantitative estimate of drug-likeness (QED) is 0.205. The number of ether oxygens (including phenoxy) is 1. The van der Waals surface area contributed by atoms with E-state index in [2.05, 4.69) is 59.8 Å². The highest BCUT2D eigenvalue weighted by Crippen LogP contribution is 2.27. The minimum absolute atomic E-state index is 0.00539. The number of likely N-dealkylation sites (N-methyl/N-ethyl adjacent to an activating group) is 1. The zero-order valence-electron chi connectivity index (χ0n) is 24.8. The molecule has 1 atom stereocenters. The smallest absolute Gasteiger partial charge is 0.318 e. The van der Waals surface area contributed by atoms with Crippen LogP contribution in [0.2, 0.25) is 0 Å². The summed E-state index contributed by atoms with van der Waals surface area (Å²) >= 11 is 0. The number of hydrogen-bond acceptors (Lipinski definition) is 8. The minimum atomic E-state index is -0.608. The van der Waals surface area contributed by atoms with Crippen LogP contribution in [0.1, 0.15) is 12.5 Å². The molecule has 0 radical (unpaired) electrons. The molecule has 1 saturated heterocycles. The summed E-state index contributed by atoms with van der Waals surface area (Å²) in [6.45, 7) is 6.68. The van der Waals surface area contributed by atoms with Gasteiger partial charge in [-0.2, -0.15) is 10.1 Å². The van der Waals surface area contributed by atoms with E-state index >= 15 is 0 Å². The number of nitrogens with one attached hydrogen (secondary N) is 3. The molecule has 5 aromatic rings. The molecule has 1 aliphatic rings. The van der Waals surface area contributed by atoms with Crippen molar-refractivity contribution in [2.75, 3.05) is 50.4 Å². The molecule has 3 aromatic carbocycles. The first-order valence-corrected chi connectivity index (χ1v) is 14.7. The van der Waals surface area contributed by atoms with Crippen molar-refractivity contribution in [2.24, 2.45) is 0 Å². The minimum Gasteiger partial charge on any atom is -0.459 e. The molecule has 1 fully saturated rings. The van der Waals surface area contributed by atoms with Gasteiger partial charge in [0.15, 0.2) is 17.5 Å². The first-order valence-electron chi connectivity index (χ1n) is 14.7. The lowest BCUT2D eigenvalue weighted by molar-refractivity contribution is -0.115. The Bertz CT molecular complexity index is 1720. The molecule has 44 heavy (non-hydrogen) atoms. The summed E-state index contributed by atoms with van der Waals surface area (Å²) in [5.41, 5.74) is 4.40. The summed E-state index contributed by atoms with van der Waals surface area (Å²) in [6, 6.07) is 23.5. The van der Waals surface area contributed by atoms with E-state index in [4.69, 9.17) is 4.74 Å². The fourth-order valence-corrected chi connectivity index (χ4v) is 5.24. The molecular formula is C33H35FN8O2. The maximum Gasteiger partial charge on any atom is 0.318 e. The Labute approximate surface area is 255 Å². The second kappa shape index (κ2) is 13.2. The van der Waals surface area contributed by atoms with Gasteiger partial charge in [-0.15, -0.1) is 0 Å². The Balaban J connectivity index is 1.09. The molecule has 3 N–H and O–H groups in total. The van der Waals surface area contributed by atoms with Crippen molar-refractivity contribution >= 4 is 34.1 Å². The molecule has 1 aliphatic heterocycles. The molecule has 10 nitrogen and oxygen atoms in total. The van der Waals surface area contributed by atoms with Crippen molar-refractivity contribution in [2.45, 2.75) is 19.4 Å². The second-order valence-electron chi connectivity index (χ2n) is 11.1. The number of fused-ring (bicyclic) bond motifs is 1. The monoisotopic (exact) mass is 594 g/mol. The van der Waals surface area contributed by atoms with Crippen LogP contribution in [0.25, 0.3) is 22.0 Å². The van der Waals surface area contributed by atoms with Crippen LogP contribution in [0.4, 0.5) is 21.7 Å². The Hall–Kier alpha value is -4.87. The Morgan fingerprint density at radius 1 is 1.00 bits per heavy atom. The average Bonchev–Trinajstić information content (AvgIpc) is 3.42. The predicted molar refractivity (Wildman–Crippen MR) is 170 cm³/mol. The van der Waals surface area contributed by atoms with E-state index in [9.17, 15) is 9.18 Å². The molecule has 11 heteroatoms. The lowest BCUT2D eigenvalue weighted by Gasteiger charge is -2.33. The van der Waals surface area contributed by atoms with E-state index in [-0.39, 0.29) is 30.3 Å². The number of benzene rings is 3. The van der Waals surface area contributed by atoms with E-state index in [1.165, 1.54) is 0 Å². The number of H-pyrrole nitrogens is 1. The lowest BCUT2D eigenvalue weighted by Crippen LogP contribution is -2.47. The summed E-state index contributed by atoms with van der Waals surface area (Å²) in [4.78, 5) is 25.9. The van der Waals surface area contributed by atoms with Crippen LogP contribution >= 0.6 is 0 Å². The van der Waals surface area contributed by atoms with E-state index in [1.54, 1.807) is 18.2 Å². The fourth-order valence-electron chi connectivity index (χ4n) is 5.24. The van der Waals surface area contributed by atoms with Gasteiger partial charge in [-0.1, -0.05) is 54.6 Å². The average molecular weight is 595 g/mol. The third-order valence-electron chi connectivity index (χ3n) is 7.65. The second-order valence-corrected chi connectivity index (χ2v) is 11.1. The van der Waals surface area contributed by atoms with Crippen molar-refractivity contribution in [3.63, 3.8) is 0 Å². The van der Waals surface area contributed by atoms with Gasteiger partial charge in [0.1, 0.15) is 6.10 Å². The van der Waals surface area contributed by atoms with Crippen molar-refractivity contribution in [1.29, 1.82) is 0 Å². The number of halogens is 1. The lowest BCUT2D eigenvalue weighted by atomic mass is 10.0. The fraction of sp³-hybridized carbons (Fsp3) is 0.273. The van der Waals surface area contributed by atoms with Gasteiger partial charge in [0.2, 0.25) is 5.91 Å². The highest BCUT2D eigenvalue weighted by molar-refractivity contribution is 6.01. The first-order chi connectivity index (χ1) is 21.4. The molecule has 0 spiro atoms. The summed E-state index contributed by atoms with van der Waals surface area (Å²) in [5.74, 6) is -0.421. The van der Waals surface area contributed by atoms with Crippen LogP contribution in [0.15, 0.2) is 79.0 Å². The molecule has 2 aromatic heterocycles. The highest BCUT2D eigenvalue weighted by Gasteiger charge is 2.19. The maximum atomic E-state index is 14.7. The van der Waals surface area contributed by atoms with Crippen LogP contribution in [0.3, 0.4) is 0 Å². The zero-order valence-corrected chi connectivity index (χ0v) is 24.8. The number of nitrogens with zero attached hydrogens (tertiary/aromatic N) is 5.